The van der Waals surface area contributed by atoms with Gasteiger partial charge in [-0.1, -0.05) is 18.2 Å². The summed E-state index contributed by atoms with van der Waals surface area (Å²) in [4.78, 5) is 12.8. The molecule has 1 atom stereocenters. The zero-order valence-electron chi connectivity index (χ0n) is 15.9. The van der Waals surface area contributed by atoms with Gasteiger partial charge in [0.1, 0.15) is 0 Å². The number of amides is 1. The summed E-state index contributed by atoms with van der Waals surface area (Å²) in [6, 6.07) is 5.54. The Bertz CT molecular complexity index is 723. The van der Waals surface area contributed by atoms with Crippen LogP contribution in [-0.2, 0) is 21.1 Å². The Morgan fingerprint density at radius 2 is 1.89 bits per heavy atom. The fourth-order valence-electron chi connectivity index (χ4n) is 4.93. The monoisotopic (exact) mass is 396 g/mol. The number of carbonyl (C=O) groups excluding carboxylic acids is 1. The summed E-state index contributed by atoms with van der Waals surface area (Å²) in [6.45, 7) is 3.25. The molecule has 4 nitrogen and oxygen atoms in total. The minimum atomic E-state index is -4.37. The lowest BCUT2D eigenvalue weighted by Crippen LogP contribution is -2.45. The van der Waals surface area contributed by atoms with E-state index in [1.807, 2.05) is 0 Å². The maximum atomic E-state index is 13.2. The molecule has 3 fully saturated rings. The van der Waals surface area contributed by atoms with Crippen molar-refractivity contribution in [3.63, 3.8) is 0 Å². The van der Waals surface area contributed by atoms with Gasteiger partial charge in [0.25, 0.3) is 0 Å². The predicted molar refractivity (Wildman–Crippen MR) is 98.8 cm³/mol. The summed E-state index contributed by atoms with van der Waals surface area (Å²) < 4.78 is 45.0. The van der Waals surface area contributed by atoms with Crippen molar-refractivity contribution in [2.75, 3.05) is 32.8 Å². The van der Waals surface area contributed by atoms with E-state index in [1.165, 1.54) is 12.1 Å². The SMILES string of the molecule is O=C(NCC1(c2cccc(C(F)(F)F)c2)CCOCC1)C1CC12CCNCC2. The van der Waals surface area contributed by atoms with Crippen molar-refractivity contribution in [1.82, 2.24) is 10.6 Å². The third-order valence-corrected chi connectivity index (χ3v) is 6.96. The molecule has 1 saturated carbocycles. The third kappa shape index (κ3) is 3.79. The van der Waals surface area contributed by atoms with Crippen LogP contribution in [0.4, 0.5) is 13.2 Å². The maximum Gasteiger partial charge on any atom is 0.416 e. The number of carbonyl (C=O) groups is 1. The Kier molecular flexibility index (Phi) is 5.16. The molecule has 0 aromatic heterocycles. The van der Waals surface area contributed by atoms with E-state index in [-0.39, 0.29) is 17.2 Å². The van der Waals surface area contributed by atoms with Crippen LogP contribution in [0, 0.1) is 11.3 Å². The van der Waals surface area contributed by atoms with Crippen LogP contribution in [0.1, 0.15) is 43.2 Å². The first-order valence-electron chi connectivity index (χ1n) is 10.1. The number of nitrogens with one attached hydrogen (secondary N) is 2. The van der Waals surface area contributed by atoms with Crippen LogP contribution >= 0.6 is 0 Å². The number of rotatable bonds is 4. The van der Waals surface area contributed by atoms with Crippen molar-refractivity contribution in [3.05, 3.63) is 35.4 Å². The predicted octanol–water partition coefficient (Wildman–Crippen LogP) is 3.26. The van der Waals surface area contributed by atoms with Crippen LogP contribution in [0.15, 0.2) is 24.3 Å². The van der Waals surface area contributed by atoms with Gasteiger partial charge in [-0.05, 0) is 62.2 Å². The molecule has 2 aliphatic heterocycles. The molecular weight excluding hydrogens is 369 g/mol. The average Bonchev–Trinajstić information content (AvgIpc) is 3.39. The number of ether oxygens (including phenoxy) is 1. The molecule has 1 unspecified atom stereocenters. The van der Waals surface area contributed by atoms with Gasteiger partial charge >= 0.3 is 6.18 Å². The number of hydrogen-bond acceptors (Lipinski definition) is 3. The normalized spacial score (nSPS) is 26.0. The molecule has 0 radical (unpaired) electrons. The van der Waals surface area contributed by atoms with Gasteiger partial charge < -0.3 is 15.4 Å². The summed E-state index contributed by atoms with van der Waals surface area (Å²) in [7, 11) is 0. The lowest BCUT2D eigenvalue weighted by atomic mass is 9.73. The van der Waals surface area contributed by atoms with E-state index in [1.54, 1.807) is 6.07 Å². The van der Waals surface area contributed by atoms with E-state index in [9.17, 15) is 18.0 Å². The Morgan fingerprint density at radius 3 is 2.57 bits per heavy atom. The van der Waals surface area contributed by atoms with Crippen molar-refractivity contribution < 1.29 is 22.7 Å². The highest BCUT2D eigenvalue weighted by molar-refractivity contribution is 5.82. The first-order chi connectivity index (χ1) is 13.3. The number of halogens is 3. The molecule has 0 bridgehead atoms. The highest BCUT2D eigenvalue weighted by atomic mass is 19.4. The van der Waals surface area contributed by atoms with E-state index >= 15 is 0 Å². The number of hydrogen-bond donors (Lipinski definition) is 2. The minimum Gasteiger partial charge on any atom is -0.381 e. The van der Waals surface area contributed by atoms with Gasteiger partial charge in [-0.25, -0.2) is 0 Å². The molecule has 28 heavy (non-hydrogen) atoms. The number of piperidine rings is 1. The lowest BCUT2D eigenvalue weighted by molar-refractivity contribution is -0.137. The Hall–Kier alpha value is -1.60. The smallest absolute Gasteiger partial charge is 0.381 e. The second-order valence-corrected chi connectivity index (χ2v) is 8.56. The van der Waals surface area contributed by atoms with Crippen LogP contribution in [0.2, 0.25) is 0 Å². The fraction of sp³-hybridized carbons (Fsp3) is 0.667. The Labute approximate surface area is 163 Å². The molecular formula is C21H27F3N2O2. The second kappa shape index (κ2) is 7.34. The van der Waals surface area contributed by atoms with Gasteiger partial charge in [-0.2, -0.15) is 13.2 Å². The van der Waals surface area contributed by atoms with E-state index in [2.05, 4.69) is 10.6 Å². The largest absolute Gasteiger partial charge is 0.416 e. The van der Waals surface area contributed by atoms with E-state index in [0.717, 1.165) is 38.4 Å². The van der Waals surface area contributed by atoms with E-state index in [4.69, 9.17) is 4.74 Å². The molecule has 2 saturated heterocycles. The third-order valence-electron chi connectivity index (χ3n) is 6.96. The first kappa shape index (κ1) is 19.7. The molecule has 3 aliphatic rings. The minimum absolute atomic E-state index is 0.0491. The van der Waals surface area contributed by atoms with Crippen molar-refractivity contribution in [2.24, 2.45) is 11.3 Å². The molecule has 1 amide bonds. The fourth-order valence-corrected chi connectivity index (χ4v) is 4.93. The van der Waals surface area contributed by atoms with Crippen LogP contribution < -0.4 is 10.6 Å². The lowest BCUT2D eigenvalue weighted by Gasteiger charge is -2.38. The van der Waals surface area contributed by atoms with E-state index in [0.29, 0.717) is 38.2 Å². The molecule has 2 heterocycles. The summed E-state index contributed by atoms with van der Waals surface area (Å²) >= 11 is 0. The molecule has 4 rings (SSSR count). The van der Waals surface area contributed by atoms with Crippen molar-refractivity contribution in [2.45, 2.75) is 43.7 Å². The molecule has 1 aromatic rings. The Morgan fingerprint density at radius 1 is 1.18 bits per heavy atom. The first-order valence-corrected chi connectivity index (χ1v) is 10.1. The van der Waals surface area contributed by atoms with Crippen molar-refractivity contribution >= 4 is 5.91 Å². The molecule has 1 aliphatic carbocycles. The molecule has 1 spiro atoms. The highest BCUT2D eigenvalue weighted by Gasteiger charge is 2.57. The van der Waals surface area contributed by atoms with Crippen molar-refractivity contribution in [1.29, 1.82) is 0 Å². The average molecular weight is 396 g/mol. The van der Waals surface area contributed by atoms with Crippen LogP contribution in [0.5, 0.6) is 0 Å². The molecule has 1 aromatic carbocycles. The van der Waals surface area contributed by atoms with Crippen LogP contribution in [0.25, 0.3) is 0 Å². The zero-order valence-corrected chi connectivity index (χ0v) is 15.9. The summed E-state index contributed by atoms with van der Waals surface area (Å²) in [6.07, 6.45) is -0.181. The van der Waals surface area contributed by atoms with Crippen molar-refractivity contribution in [3.8, 4) is 0 Å². The van der Waals surface area contributed by atoms with Gasteiger partial charge in [0.05, 0.1) is 5.56 Å². The van der Waals surface area contributed by atoms with Crippen LogP contribution in [-0.4, -0.2) is 38.8 Å². The van der Waals surface area contributed by atoms with E-state index < -0.39 is 17.2 Å². The van der Waals surface area contributed by atoms with Gasteiger partial charge in [0.2, 0.25) is 5.91 Å². The maximum absolute atomic E-state index is 13.2. The molecule has 2 N–H and O–H groups in total. The van der Waals surface area contributed by atoms with Gasteiger partial charge in [-0.15, -0.1) is 0 Å². The summed E-state index contributed by atoms with van der Waals surface area (Å²) in [5.74, 6) is 0.104. The van der Waals surface area contributed by atoms with Gasteiger partial charge in [0, 0.05) is 31.1 Å². The second-order valence-electron chi connectivity index (χ2n) is 8.56. The standard InChI is InChI=1S/C21H27F3N2O2/c22-21(23,24)16-3-1-2-15(12-16)20(6-10-28-11-7-20)14-26-18(27)17-13-19(17)4-8-25-9-5-19/h1-3,12,17,25H,4-11,13-14H2,(H,26,27). The number of alkyl halides is 3. The molecule has 154 valence electrons. The molecule has 7 heteroatoms. The Balaban J connectivity index is 1.48. The van der Waals surface area contributed by atoms with Crippen LogP contribution in [0.3, 0.4) is 0 Å². The zero-order chi connectivity index (χ0) is 19.8. The summed E-state index contributed by atoms with van der Waals surface area (Å²) in [5, 5.41) is 6.42. The summed E-state index contributed by atoms with van der Waals surface area (Å²) in [5.41, 5.74) is -0.365. The van der Waals surface area contributed by atoms with Gasteiger partial charge in [0.15, 0.2) is 0 Å². The quantitative estimate of drug-likeness (QED) is 0.822. The highest BCUT2D eigenvalue weighted by Crippen LogP contribution is 2.58. The number of benzene rings is 1. The van der Waals surface area contributed by atoms with Gasteiger partial charge in [-0.3, -0.25) is 4.79 Å². The topological polar surface area (TPSA) is 50.4 Å².